The molecule has 0 atom stereocenters. The normalized spacial score (nSPS) is 16.4. The molecule has 1 fully saturated rings. The van der Waals surface area contributed by atoms with Crippen LogP contribution in [0.15, 0.2) is 15.7 Å². The highest BCUT2D eigenvalue weighted by Gasteiger charge is 2.16. The molecule has 1 aromatic heterocycles. The number of rotatable bonds is 2. The number of nitrogens with one attached hydrogen (secondary N) is 3. The molecule has 7 heteroatoms. The Kier molecular flexibility index (Phi) is 2.72. The lowest BCUT2D eigenvalue weighted by Crippen LogP contribution is -2.43. The van der Waals surface area contributed by atoms with E-state index in [9.17, 15) is 0 Å². The zero-order chi connectivity index (χ0) is 10.7. The molecule has 1 aliphatic rings. The summed E-state index contributed by atoms with van der Waals surface area (Å²) >= 11 is 0. The van der Waals surface area contributed by atoms with Crippen molar-refractivity contribution in [3.8, 4) is 0 Å². The van der Waals surface area contributed by atoms with Crippen molar-refractivity contribution in [1.29, 1.82) is 10.9 Å². The highest BCUT2D eigenvalue weighted by atomic mass is 16.5. The Morgan fingerprint density at radius 2 is 2.27 bits per heavy atom. The van der Waals surface area contributed by atoms with Gasteiger partial charge in [0.05, 0.1) is 0 Å². The van der Waals surface area contributed by atoms with Gasteiger partial charge in [-0.1, -0.05) is 5.16 Å². The van der Waals surface area contributed by atoms with Gasteiger partial charge in [-0.2, -0.15) is 0 Å². The number of amidine groups is 1. The smallest absolute Gasteiger partial charge is 0.212 e. The summed E-state index contributed by atoms with van der Waals surface area (Å²) in [6, 6.07) is 1.64. The number of hydrogen-bond acceptors (Lipinski definition) is 6. The number of aromatic nitrogens is 1. The zero-order valence-corrected chi connectivity index (χ0v) is 8.16. The van der Waals surface area contributed by atoms with Gasteiger partial charge in [0, 0.05) is 32.2 Å². The van der Waals surface area contributed by atoms with Crippen molar-refractivity contribution in [3.63, 3.8) is 0 Å². The summed E-state index contributed by atoms with van der Waals surface area (Å²) in [5.74, 6) is 0.738. The van der Waals surface area contributed by atoms with E-state index in [2.05, 4.69) is 20.5 Å². The molecule has 0 spiro atoms. The van der Waals surface area contributed by atoms with E-state index >= 15 is 0 Å². The van der Waals surface area contributed by atoms with Crippen LogP contribution in [0.1, 0.15) is 5.76 Å². The third-order valence-corrected chi connectivity index (χ3v) is 2.28. The largest absolute Gasteiger partial charge is 0.351 e. The fraction of sp³-hybridized carbons (Fsp3) is 0.500. The molecule has 0 aromatic carbocycles. The van der Waals surface area contributed by atoms with Crippen LogP contribution in [-0.2, 0) is 0 Å². The fourth-order valence-electron chi connectivity index (χ4n) is 1.48. The molecular weight excluding hydrogens is 196 g/mol. The minimum absolute atomic E-state index is 0.205. The van der Waals surface area contributed by atoms with Crippen molar-refractivity contribution >= 4 is 11.7 Å². The van der Waals surface area contributed by atoms with E-state index in [1.165, 1.54) is 0 Å². The molecule has 15 heavy (non-hydrogen) atoms. The fourth-order valence-corrected chi connectivity index (χ4v) is 1.48. The van der Waals surface area contributed by atoms with Gasteiger partial charge in [0.25, 0.3) is 0 Å². The van der Waals surface area contributed by atoms with E-state index in [0.717, 1.165) is 26.2 Å². The van der Waals surface area contributed by atoms with Crippen LogP contribution < -0.4 is 10.2 Å². The number of piperazine rings is 1. The second-order valence-electron chi connectivity index (χ2n) is 3.25. The molecule has 0 amide bonds. The lowest BCUT2D eigenvalue weighted by atomic mass is 10.3. The van der Waals surface area contributed by atoms with Gasteiger partial charge >= 0.3 is 0 Å². The van der Waals surface area contributed by atoms with Gasteiger partial charge in [0.1, 0.15) is 0 Å². The molecule has 0 unspecified atom stereocenters. The number of hydrogen-bond donors (Lipinski definition) is 3. The minimum atomic E-state index is -0.205. The summed E-state index contributed by atoms with van der Waals surface area (Å²) in [6.07, 6.45) is 0. The lowest BCUT2D eigenvalue weighted by molar-refractivity contribution is 0.409. The van der Waals surface area contributed by atoms with Crippen LogP contribution >= 0.6 is 0 Å². The first-order chi connectivity index (χ1) is 7.31. The molecule has 0 radical (unpaired) electrons. The standard InChI is InChI=1S/C8H12N6O/c9-8(12-10)6-5-7(13-15-6)14-3-1-11-2-4-14/h5,9-11H,1-4H2. The highest BCUT2D eigenvalue weighted by molar-refractivity contribution is 5.94. The maximum Gasteiger partial charge on any atom is 0.212 e. The molecule has 2 heterocycles. The summed E-state index contributed by atoms with van der Waals surface area (Å²) in [5, 5.41) is 17.4. The van der Waals surface area contributed by atoms with Gasteiger partial charge in [-0.15, -0.1) is 5.11 Å². The Bertz CT molecular complexity index is 367. The van der Waals surface area contributed by atoms with Gasteiger partial charge in [-0.05, 0) is 0 Å². The maximum atomic E-state index is 7.29. The molecular formula is C8H12N6O. The third kappa shape index (κ3) is 2.01. The molecule has 0 aliphatic carbocycles. The quantitative estimate of drug-likeness (QED) is 0.373. The van der Waals surface area contributed by atoms with Crippen LogP contribution in [0.2, 0.25) is 0 Å². The lowest BCUT2D eigenvalue weighted by Gasteiger charge is -2.26. The van der Waals surface area contributed by atoms with Crippen LogP contribution in [0, 0.1) is 10.9 Å². The number of nitrogens with zero attached hydrogens (tertiary/aromatic N) is 3. The predicted molar refractivity (Wildman–Crippen MR) is 53.6 cm³/mol. The van der Waals surface area contributed by atoms with E-state index in [-0.39, 0.29) is 11.6 Å². The molecule has 3 N–H and O–H groups in total. The first-order valence-corrected chi connectivity index (χ1v) is 4.70. The van der Waals surface area contributed by atoms with Crippen LogP contribution in [0.5, 0.6) is 0 Å². The summed E-state index contributed by atoms with van der Waals surface area (Å²) in [4.78, 5) is 2.07. The Labute approximate surface area is 86.4 Å². The summed E-state index contributed by atoms with van der Waals surface area (Å²) in [6.45, 7) is 3.58. The third-order valence-electron chi connectivity index (χ3n) is 2.28. The van der Waals surface area contributed by atoms with E-state index in [4.69, 9.17) is 15.5 Å². The van der Waals surface area contributed by atoms with E-state index in [0.29, 0.717) is 5.82 Å². The second-order valence-corrected chi connectivity index (χ2v) is 3.25. The summed E-state index contributed by atoms with van der Waals surface area (Å²) in [5.41, 5.74) is 6.69. The average molecular weight is 208 g/mol. The Balaban J connectivity index is 2.11. The molecule has 7 nitrogen and oxygen atoms in total. The minimum Gasteiger partial charge on any atom is -0.351 e. The van der Waals surface area contributed by atoms with Gasteiger partial charge < -0.3 is 14.7 Å². The van der Waals surface area contributed by atoms with Crippen molar-refractivity contribution in [1.82, 2.24) is 10.5 Å². The second kappa shape index (κ2) is 4.18. The molecule has 1 aliphatic heterocycles. The van der Waals surface area contributed by atoms with Gasteiger partial charge in [0.2, 0.25) is 11.6 Å². The van der Waals surface area contributed by atoms with Crippen LogP contribution in [0.25, 0.3) is 0 Å². The van der Waals surface area contributed by atoms with Crippen LogP contribution in [-0.4, -0.2) is 37.2 Å². The summed E-state index contributed by atoms with van der Waals surface area (Å²) in [7, 11) is 0. The first-order valence-electron chi connectivity index (χ1n) is 4.70. The van der Waals surface area contributed by atoms with Crippen molar-refractivity contribution in [2.45, 2.75) is 0 Å². The predicted octanol–water partition coefficient (Wildman–Crippen LogP) is 0.441. The molecule has 0 bridgehead atoms. The Hall–Kier alpha value is -1.76. The molecule has 1 aromatic rings. The van der Waals surface area contributed by atoms with Crippen molar-refractivity contribution in [3.05, 3.63) is 11.8 Å². The average Bonchev–Trinajstić information content (AvgIpc) is 2.78. The van der Waals surface area contributed by atoms with Crippen LogP contribution in [0.3, 0.4) is 0 Å². The van der Waals surface area contributed by atoms with Crippen molar-refractivity contribution < 1.29 is 4.52 Å². The Morgan fingerprint density at radius 1 is 1.53 bits per heavy atom. The van der Waals surface area contributed by atoms with Crippen molar-refractivity contribution in [2.75, 3.05) is 31.1 Å². The summed E-state index contributed by atoms with van der Waals surface area (Å²) < 4.78 is 4.92. The van der Waals surface area contributed by atoms with Gasteiger partial charge in [-0.25, -0.2) is 5.53 Å². The topological polar surface area (TPSA) is 101 Å². The molecule has 2 rings (SSSR count). The van der Waals surface area contributed by atoms with E-state index in [1.54, 1.807) is 6.07 Å². The highest BCUT2D eigenvalue weighted by Crippen LogP contribution is 2.15. The van der Waals surface area contributed by atoms with Crippen LogP contribution in [0.4, 0.5) is 5.82 Å². The van der Waals surface area contributed by atoms with E-state index in [1.807, 2.05) is 0 Å². The molecule has 0 saturated carbocycles. The van der Waals surface area contributed by atoms with Gasteiger partial charge in [0.15, 0.2) is 5.82 Å². The monoisotopic (exact) mass is 208 g/mol. The molecule has 80 valence electrons. The van der Waals surface area contributed by atoms with E-state index < -0.39 is 0 Å². The van der Waals surface area contributed by atoms with Gasteiger partial charge in [-0.3, -0.25) is 5.41 Å². The number of anilines is 1. The first kappa shape index (κ1) is 9.78. The maximum absolute atomic E-state index is 7.29. The molecule has 1 saturated heterocycles. The Morgan fingerprint density at radius 3 is 2.93 bits per heavy atom. The SMILES string of the molecule is N=NC(=N)c1cc(N2CCNCC2)no1. The zero-order valence-electron chi connectivity index (χ0n) is 8.16. The van der Waals surface area contributed by atoms with Crippen molar-refractivity contribution in [2.24, 2.45) is 5.11 Å².